The summed E-state index contributed by atoms with van der Waals surface area (Å²) in [6, 6.07) is 7.64. The molecule has 0 radical (unpaired) electrons. The highest BCUT2D eigenvalue weighted by atomic mass is 35.5. The molecule has 2 nitrogen and oxygen atoms in total. The number of benzene rings is 1. The SMILES string of the molecule is CC(=O)C[C@H](Nc1ccc(Cl)cc1)C1C=CC=C1. The number of ketones is 1. The Morgan fingerprint density at radius 1 is 1.28 bits per heavy atom. The van der Waals surface area contributed by atoms with Crippen molar-refractivity contribution < 1.29 is 4.79 Å². The minimum absolute atomic E-state index is 0.0960. The van der Waals surface area contributed by atoms with Crippen LogP contribution < -0.4 is 5.32 Å². The van der Waals surface area contributed by atoms with E-state index in [1.165, 1.54) is 0 Å². The van der Waals surface area contributed by atoms with Crippen LogP contribution in [0.4, 0.5) is 5.69 Å². The van der Waals surface area contributed by atoms with Gasteiger partial charge in [-0.15, -0.1) is 0 Å². The lowest BCUT2D eigenvalue weighted by atomic mass is 9.96. The molecule has 0 saturated heterocycles. The van der Waals surface area contributed by atoms with Crippen LogP contribution in [-0.4, -0.2) is 11.8 Å². The first-order valence-electron chi connectivity index (χ1n) is 6.01. The number of hydrogen-bond donors (Lipinski definition) is 1. The topological polar surface area (TPSA) is 29.1 Å². The maximum atomic E-state index is 11.3. The summed E-state index contributed by atoms with van der Waals surface area (Å²) in [5.41, 5.74) is 0.986. The Morgan fingerprint density at radius 3 is 2.44 bits per heavy atom. The molecule has 0 amide bonds. The van der Waals surface area contributed by atoms with Gasteiger partial charge in [0.1, 0.15) is 5.78 Å². The van der Waals surface area contributed by atoms with Crippen molar-refractivity contribution in [3.63, 3.8) is 0 Å². The van der Waals surface area contributed by atoms with Crippen LogP contribution in [-0.2, 0) is 4.79 Å². The second-order valence-corrected chi connectivity index (χ2v) is 4.95. The normalized spacial score (nSPS) is 15.9. The number of allylic oxidation sites excluding steroid dienone is 2. The highest BCUT2D eigenvalue weighted by molar-refractivity contribution is 6.30. The molecule has 1 atom stereocenters. The number of halogens is 1. The molecule has 1 aromatic rings. The fourth-order valence-corrected chi connectivity index (χ4v) is 2.20. The standard InChI is InChI=1S/C15H16ClNO/c1-11(18)10-15(12-4-2-3-5-12)17-14-8-6-13(16)7-9-14/h2-9,12,15,17H,10H2,1H3/t15-/m0/s1. The number of carbonyl (C=O) groups is 1. The average Bonchev–Trinajstić information content (AvgIpc) is 2.84. The molecule has 1 N–H and O–H groups in total. The zero-order valence-corrected chi connectivity index (χ0v) is 11.0. The Hall–Kier alpha value is -1.54. The van der Waals surface area contributed by atoms with E-state index < -0.39 is 0 Å². The monoisotopic (exact) mass is 261 g/mol. The molecule has 1 aliphatic carbocycles. The third-order valence-electron chi connectivity index (χ3n) is 2.95. The van der Waals surface area contributed by atoms with Gasteiger partial charge in [0.25, 0.3) is 0 Å². The van der Waals surface area contributed by atoms with Gasteiger partial charge in [-0.3, -0.25) is 4.79 Å². The van der Waals surface area contributed by atoms with Crippen molar-refractivity contribution in [2.45, 2.75) is 19.4 Å². The fourth-order valence-electron chi connectivity index (χ4n) is 2.07. The Labute approximate surface area is 112 Å². The van der Waals surface area contributed by atoms with Crippen LogP contribution in [0.3, 0.4) is 0 Å². The lowest BCUT2D eigenvalue weighted by Gasteiger charge is -2.22. The van der Waals surface area contributed by atoms with Crippen molar-refractivity contribution in [2.75, 3.05) is 5.32 Å². The van der Waals surface area contributed by atoms with Crippen LogP contribution >= 0.6 is 11.6 Å². The number of anilines is 1. The predicted octanol–water partition coefficient (Wildman–Crippen LogP) is 3.84. The predicted molar refractivity (Wildman–Crippen MR) is 75.9 cm³/mol. The third kappa shape index (κ3) is 3.47. The lowest BCUT2D eigenvalue weighted by Crippen LogP contribution is -2.28. The average molecular weight is 262 g/mol. The van der Waals surface area contributed by atoms with E-state index in [0.717, 1.165) is 5.69 Å². The number of nitrogens with one attached hydrogen (secondary N) is 1. The van der Waals surface area contributed by atoms with Crippen LogP contribution in [0.5, 0.6) is 0 Å². The van der Waals surface area contributed by atoms with Gasteiger partial charge >= 0.3 is 0 Å². The molecule has 2 rings (SSSR count). The van der Waals surface area contributed by atoms with Gasteiger partial charge in [-0.1, -0.05) is 35.9 Å². The van der Waals surface area contributed by atoms with E-state index in [4.69, 9.17) is 11.6 Å². The van der Waals surface area contributed by atoms with Gasteiger partial charge in [0.05, 0.1) is 0 Å². The highest BCUT2D eigenvalue weighted by Crippen LogP contribution is 2.22. The van der Waals surface area contributed by atoms with E-state index in [-0.39, 0.29) is 17.7 Å². The summed E-state index contributed by atoms with van der Waals surface area (Å²) < 4.78 is 0. The Bertz CT molecular complexity index is 464. The summed E-state index contributed by atoms with van der Waals surface area (Å²) >= 11 is 5.86. The molecule has 0 heterocycles. The largest absolute Gasteiger partial charge is 0.381 e. The van der Waals surface area contributed by atoms with E-state index >= 15 is 0 Å². The van der Waals surface area contributed by atoms with Gasteiger partial charge in [0.15, 0.2) is 0 Å². The number of carbonyl (C=O) groups excluding carboxylic acids is 1. The van der Waals surface area contributed by atoms with Gasteiger partial charge in [-0.25, -0.2) is 0 Å². The number of Topliss-reactive ketones (excluding diaryl/α,β-unsaturated/α-hetero) is 1. The van der Waals surface area contributed by atoms with Gasteiger partial charge in [0, 0.05) is 29.1 Å². The molecule has 1 aromatic carbocycles. The van der Waals surface area contributed by atoms with Crippen molar-refractivity contribution in [1.29, 1.82) is 0 Å². The number of rotatable bonds is 5. The molecule has 0 aliphatic heterocycles. The molecule has 1 aliphatic rings. The Morgan fingerprint density at radius 2 is 1.89 bits per heavy atom. The molecule has 0 fully saturated rings. The van der Waals surface area contributed by atoms with Gasteiger partial charge in [0.2, 0.25) is 0 Å². The minimum atomic E-state index is 0.0960. The molecule has 0 unspecified atom stereocenters. The minimum Gasteiger partial charge on any atom is -0.381 e. The van der Waals surface area contributed by atoms with E-state index in [1.807, 2.05) is 36.4 Å². The molecular weight excluding hydrogens is 246 g/mol. The van der Waals surface area contributed by atoms with E-state index in [9.17, 15) is 4.79 Å². The van der Waals surface area contributed by atoms with E-state index in [1.54, 1.807) is 6.92 Å². The zero-order chi connectivity index (χ0) is 13.0. The Balaban J connectivity index is 2.09. The third-order valence-corrected chi connectivity index (χ3v) is 3.20. The Kier molecular flexibility index (Phi) is 4.21. The summed E-state index contributed by atoms with van der Waals surface area (Å²) in [5, 5.41) is 4.11. The highest BCUT2D eigenvalue weighted by Gasteiger charge is 2.20. The molecule has 0 spiro atoms. The first kappa shape index (κ1) is 12.9. The van der Waals surface area contributed by atoms with Gasteiger partial charge in [-0.05, 0) is 31.2 Å². The van der Waals surface area contributed by atoms with Crippen LogP contribution in [0.1, 0.15) is 13.3 Å². The van der Waals surface area contributed by atoms with Crippen molar-refractivity contribution in [2.24, 2.45) is 5.92 Å². The zero-order valence-electron chi connectivity index (χ0n) is 10.3. The van der Waals surface area contributed by atoms with E-state index in [2.05, 4.69) is 17.5 Å². The first-order chi connectivity index (χ1) is 8.65. The second kappa shape index (κ2) is 5.87. The van der Waals surface area contributed by atoms with Crippen LogP contribution in [0.15, 0.2) is 48.6 Å². The fraction of sp³-hybridized carbons (Fsp3) is 0.267. The summed E-state index contributed by atoms with van der Waals surface area (Å²) in [5.74, 6) is 0.458. The van der Waals surface area contributed by atoms with Crippen LogP contribution in [0.2, 0.25) is 5.02 Å². The lowest BCUT2D eigenvalue weighted by molar-refractivity contribution is -0.117. The van der Waals surface area contributed by atoms with E-state index in [0.29, 0.717) is 11.4 Å². The van der Waals surface area contributed by atoms with Gasteiger partial charge in [-0.2, -0.15) is 0 Å². The van der Waals surface area contributed by atoms with Crippen molar-refractivity contribution >= 4 is 23.1 Å². The smallest absolute Gasteiger partial charge is 0.131 e. The van der Waals surface area contributed by atoms with Crippen molar-refractivity contribution in [3.05, 3.63) is 53.6 Å². The van der Waals surface area contributed by atoms with Crippen LogP contribution in [0.25, 0.3) is 0 Å². The maximum absolute atomic E-state index is 11.3. The number of hydrogen-bond acceptors (Lipinski definition) is 2. The molecule has 0 bridgehead atoms. The van der Waals surface area contributed by atoms with Gasteiger partial charge < -0.3 is 5.32 Å². The molecule has 18 heavy (non-hydrogen) atoms. The molecular formula is C15H16ClNO. The maximum Gasteiger partial charge on any atom is 0.131 e. The van der Waals surface area contributed by atoms with Crippen molar-refractivity contribution in [3.8, 4) is 0 Å². The summed E-state index contributed by atoms with van der Waals surface area (Å²) in [6.45, 7) is 1.62. The summed E-state index contributed by atoms with van der Waals surface area (Å²) in [7, 11) is 0. The first-order valence-corrected chi connectivity index (χ1v) is 6.39. The molecule has 0 aromatic heterocycles. The summed E-state index contributed by atoms with van der Waals surface area (Å²) in [4.78, 5) is 11.3. The quantitative estimate of drug-likeness (QED) is 0.873. The molecule has 3 heteroatoms. The van der Waals surface area contributed by atoms with Crippen LogP contribution in [0, 0.1) is 5.92 Å². The molecule has 94 valence electrons. The molecule has 0 saturated carbocycles. The van der Waals surface area contributed by atoms with Crippen molar-refractivity contribution in [1.82, 2.24) is 0 Å². The second-order valence-electron chi connectivity index (χ2n) is 4.51. The summed E-state index contributed by atoms with van der Waals surface area (Å²) in [6.07, 6.45) is 8.76.